The van der Waals surface area contributed by atoms with Crippen LogP contribution in [0.25, 0.3) is 0 Å². The minimum Gasteiger partial charge on any atom is -0.103 e. The molecule has 0 aliphatic heterocycles. The summed E-state index contributed by atoms with van der Waals surface area (Å²) in [7, 11) is 0. The summed E-state index contributed by atoms with van der Waals surface area (Å²) < 4.78 is 0. The summed E-state index contributed by atoms with van der Waals surface area (Å²) in [6, 6.07) is 0. The Balaban J connectivity index is 2.15. The lowest BCUT2D eigenvalue weighted by molar-refractivity contribution is 0.824. The Morgan fingerprint density at radius 1 is 1.88 bits per heavy atom. The first kappa shape index (κ1) is 5.61. The predicted molar refractivity (Wildman–Crippen MR) is 36.7 cm³/mol. The van der Waals surface area contributed by atoms with Crippen LogP contribution in [0.4, 0.5) is 0 Å². The van der Waals surface area contributed by atoms with Crippen LogP contribution in [0, 0.1) is 5.92 Å². The van der Waals surface area contributed by atoms with Crippen molar-refractivity contribution >= 4 is 0 Å². The molecule has 0 saturated carbocycles. The van der Waals surface area contributed by atoms with E-state index in [4.69, 9.17) is 0 Å². The third-order valence-electron chi connectivity index (χ3n) is 1.60. The SMILES string of the molecule is C=CCC1=CC1CC. The van der Waals surface area contributed by atoms with Crippen LogP contribution < -0.4 is 0 Å². The van der Waals surface area contributed by atoms with Gasteiger partial charge < -0.3 is 0 Å². The molecule has 0 aromatic rings. The van der Waals surface area contributed by atoms with E-state index in [2.05, 4.69) is 19.6 Å². The Kier molecular flexibility index (Phi) is 1.52. The molecule has 0 spiro atoms. The molecule has 0 aromatic carbocycles. The van der Waals surface area contributed by atoms with E-state index in [0.29, 0.717) is 0 Å². The van der Waals surface area contributed by atoms with E-state index < -0.39 is 0 Å². The molecule has 1 atom stereocenters. The van der Waals surface area contributed by atoms with Crippen LogP contribution >= 0.6 is 0 Å². The summed E-state index contributed by atoms with van der Waals surface area (Å²) in [4.78, 5) is 0. The van der Waals surface area contributed by atoms with Crippen molar-refractivity contribution in [2.45, 2.75) is 19.8 Å². The topological polar surface area (TPSA) is 0 Å². The molecule has 1 unspecified atom stereocenters. The fraction of sp³-hybridized carbons (Fsp3) is 0.500. The Labute approximate surface area is 50.9 Å². The number of hydrogen-bond donors (Lipinski definition) is 0. The van der Waals surface area contributed by atoms with Crippen molar-refractivity contribution in [3.8, 4) is 0 Å². The molecule has 8 heavy (non-hydrogen) atoms. The molecule has 0 aromatic heterocycles. The smallest absolute Gasteiger partial charge is 0.00196 e. The lowest BCUT2D eigenvalue weighted by atomic mass is 10.2. The van der Waals surface area contributed by atoms with E-state index in [1.165, 1.54) is 6.42 Å². The van der Waals surface area contributed by atoms with E-state index in [9.17, 15) is 0 Å². The van der Waals surface area contributed by atoms with Gasteiger partial charge in [0.1, 0.15) is 0 Å². The maximum Gasteiger partial charge on any atom is -0.00196 e. The molecule has 1 rings (SSSR count). The molecule has 1 aliphatic carbocycles. The van der Waals surface area contributed by atoms with E-state index in [0.717, 1.165) is 12.3 Å². The highest BCUT2D eigenvalue weighted by molar-refractivity contribution is 5.30. The van der Waals surface area contributed by atoms with Gasteiger partial charge in [0.05, 0.1) is 0 Å². The van der Waals surface area contributed by atoms with Gasteiger partial charge >= 0.3 is 0 Å². The van der Waals surface area contributed by atoms with Crippen molar-refractivity contribution in [3.63, 3.8) is 0 Å². The molecule has 0 heterocycles. The van der Waals surface area contributed by atoms with Gasteiger partial charge in [-0.05, 0) is 18.8 Å². The van der Waals surface area contributed by atoms with Crippen LogP contribution in [0.1, 0.15) is 19.8 Å². The van der Waals surface area contributed by atoms with Crippen molar-refractivity contribution in [1.29, 1.82) is 0 Å². The van der Waals surface area contributed by atoms with E-state index >= 15 is 0 Å². The summed E-state index contributed by atoms with van der Waals surface area (Å²) >= 11 is 0. The van der Waals surface area contributed by atoms with Crippen LogP contribution in [-0.4, -0.2) is 0 Å². The third kappa shape index (κ3) is 1.00. The zero-order valence-electron chi connectivity index (χ0n) is 5.35. The molecule has 44 valence electrons. The summed E-state index contributed by atoms with van der Waals surface area (Å²) in [6.07, 6.45) is 6.69. The van der Waals surface area contributed by atoms with Crippen molar-refractivity contribution in [2.24, 2.45) is 5.92 Å². The highest BCUT2D eigenvalue weighted by Crippen LogP contribution is 2.34. The average Bonchev–Trinajstić information content (AvgIpc) is 2.48. The quantitative estimate of drug-likeness (QED) is 0.487. The van der Waals surface area contributed by atoms with Gasteiger partial charge in [0.25, 0.3) is 0 Å². The van der Waals surface area contributed by atoms with Crippen LogP contribution in [0.3, 0.4) is 0 Å². The molecule has 0 heteroatoms. The molecular weight excluding hydrogens is 96.1 g/mol. The van der Waals surface area contributed by atoms with E-state index in [1.54, 1.807) is 5.57 Å². The molecule has 0 bridgehead atoms. The predicted octanol–water partition coefficient (Wildman–Crippen LogP) is 2.53. The Morgan fingerprint density at radius 2 is 2.62 bits per heavy atom. The Hall–Kier alpha value is -0.520. The normalized spacial score (nSPS) is 24.6. The second-order valence-electron chi connectivity index (χ2n) is 2.25. The first-order valence-electron chi connectivity index (χ1n) is 3.20. The average molecular weight is 108 g/mol. The van der Waals surface area contributed by atoms with Gasteiger partial charge in [0.15, 0.2) is 0 Å². The van der Waals surface area contributed by atoms with Crippen LogP contribution in [-0.2, 0) is 0 Å². The second-order valence-corrected chi connectivity index (χ2v) is 2.25. The van der Waals surface area contributed by atoms with Crippen molar-refractivity contribution < 1.29 is 0 Å². The largest absolute Gasteiger partial charge is 0.103 e. The minimum absolute atomic E-state index is 0.841. The van der Waals surface area contributed by atoms with E-state index in [1.807, 2.05) is 6.08 Å². The highest BCUT2D eigenvalue weighted by atomic mass is 14.2. The Morgan fingerprint density at radius 3 is 3.00 bits per heavy atom. The number of allylic oxidation sites excluding steroid dienone is 3. The summed E-state index contributed by atoms with van der Waals surface area (Å²) in [5.41, 5.74) is 1.59. The second kappa shape index (κ2) is 2.17. The van der Waals surface area contributed by atoms with Crippen LogP contribution in [0.5, 0.6) is 0 Å². The van der Waals surface area contributed by atoms with Gasteiger partial charge in [0, 0.05) is 0 Å². The van der Waals surface area contributed by atoms with Crippen LogP contribution in [0.2, 0.25) is 0 Å². The van der Waals surface area contributed by atoms with Crippen molar-refractivity contribution in [2.75, 3.05) is 0 Å². The zero-order chi connectivity index (χ0) is 5.98. The standard InChI is InChI=1S/C8H12/c1-3-5-8-6-7(8)4-2/h3,6-7H,1,4-5H2,2H3. The zero-order valence-corrected chi connectivity index (χ0v) is 5.35. The molecule has 0 radical (unpaired) electrons. The van der Waals surface area contributed by atoms with Gasteiger partial charge in [0.2, 0.25) is 0 Å². The van der Waals surface area contributed by atoms with Gasteiger partial charge in [-0.15, -0.1) is 6.58 Å². The third-order valence-corrected chi connectivity index (χ3v) is 1.60. The minimum atomic E-state index is 0.841. The van der Waals surface area contributed by atoms with Gasteiger partial charge in [-0.3, -0.25) is 0 Å². The maximum absolute atomic E-state index is 3.67. The first-order valence-corrected chi connectivity index (χ1v) is 3.20. The summed E-state index contributed by atoms with van der Waals surface area (Å²) in [5, 5.41) is 0. The molecule has 0 fully saturated rings. The molecule has 0 saturated heterocycles. The molecular formula is C8H12. The fourth-order valence-electron chi connectivity index (χ4n) is 0.976. The molecule has 0 amide bonds. The summed E-state index contributed by atoms with van der Waals surface area (Å²) in [5.74, 6) is 0.841. The first-order chi connectivity index (χ1) is 3.88. The Bertz CT molecular complexity index is 120. The summed E-state index contributed by atoms with van der Waals surface area (Å²) in [6.45, 7) is 5.89. The van der Waals surface area contributed by atoms with E-state index in [-0.39, 0.29) is 0 Å². The van der Waals surface area contributed by atoms with Gasteiger partial charge in [-0.1, -0.05) is 24.6 Å². The maximum atomic E-state index is 3.67. The number of rotatable bonds is 3. The van der Waals surface area contributed by atoms with Gasteiger partial charge in [-0.25, -0.2) is 0 Å². The monoisotopic (exact) mass is 108 g/mol. The molecule has 0 N–H and O–H groups in total. The lowest BCUT2D eigenvalue weighted by Gasteiger charge is -1.87. The van der Waals surface area contributed by atoms with Crippen LogP contribution in [0.15, 0.2) is 24.3 Å². The molecule has 1 aliphatic rings. The highest BCUT2D eigenvalue weighted by Gasteiger charge is 2.19. The van der Waals surface area contributed by atoms with Crippen molar-refractivity contribution in [1.82, 2.24) is 0 Å². The number of hydrogen-bond acceptors (Lipinski definition) is 0. The van der Waals surface area contributed by atoms with Crippen molar-refractivity contribution in [3.05, 3.63) is 24.3 Å². The fourth-order valence-corrected chi connectivity index (χ4v) is 0.976. The molecule has 0 nitrogen and oxygen atoms in total. The lowest BCUT2D eigenvalue weighted by Crippen LogP contribution is -1.74. The van der Waals surface area contributed by atoms with Gasteiger partial charge in [-0.2, -0.15) is 0 Å².